The molecule has 27 heavy (non-hydrogen) atoms. The molecule has 1 fully saturated rings. The van der Waals surface area contributed by atoms with Crippen LogP contribution in [0.25, 0.3) is 0 Å². The van der Waals surface area contributed by atoms with Gasteiger partial charge in [-0.05, 0) is 24.1 Å². The molecule has 1 aromatic carbocycles. The lowest BCUT2D eigenvalue weighted by atomic mass is 10.0. The zero-order chi connectivity index (χ0) is 19.7. The smallest absolute Gasteiger partial charge is 0.235 e. The molecule has 0 bridgehead atoms. The number of hydrogen-bond donors (Lipinski definition) is 1. The van der Waals surface area contributed by atoms with Crippen molar-refractivity contribution in [3.8, 4) is 0 Å². The minimum Gasteiger partial charge on any atom is -0.379 e. The van der Waals surface area contributed by atoms with Crippen LogP contribution in [0.3, 0.4) is 0 Å². The number of amides is 1. The molecular weight excluding hydrogens is 388 g/mol. The third-order valence-corrected chi connectivity index (χ3v) is 6.51. The molecule has 152 valence electrons. The largest absolute Gasteiger partial charge is 0.379 e. The van der Waals surface area contributed by atoms with E-state index in [2.05, 4.69) is 10.2 Å². The molecule has 1 saturated heterocycles. The van der Waals surface area contributed by atoms with Gasteiger partial charge in [-0.3, -0.25) is 9.69 Å². The number of hydrogen-bond acceptors (Lipinski definition) is 5. The van der Waals surface area contributed by atoms with Crippen molar-refractivity contribution in [2.75, 3.05) is 44.4 Å². The Kier molecular flexibility index (Phi) is 9.02. The summed E-state index contributed by atoms with van der Waals surface area (Å²) in [7, 11) is -3.36. The molecule has 1 atom stereocenters. The number of halogens is 1. The minimum absolute atomic E-state index is 0.0436. The van der Waals surface area contributed by atoms with Gasteiger partial charge < -0.3 is 10.1 Å². The van der Waals surface area contributed by atoms with Gasteiger partial charge in [-0.2, -0.15) is 0 Å². The maximum absolute atomic E-state index is 12.2. The van der Waals surface area contributed by atoms with Crippen molar-refractivity contribution in [2.45, 2.75) is 32.2 Å². The molecule has 1 aliphatic heterocycles. The van der Waals surface area contributed by atoms with Crippen LogP contribution >= 0.6 is 11.6 Å². The van der Waals surface area contributed by atoms with Crippen LogP contribution in [0, 0.1) is 0 Å². The maximum Gasteiger partial charge on any atom is 0.235 e. The Hall–Kier alpha value is -1.15. The van der Waals surface area contributed by atoms with E-state index in [1.807, 2.05) is 31.2 Å². The Bertz CT molecular complexity index is 688. The monoisotopic (exact) mass is 416 g/mol. The lowest BCUT2D eigenvalue weighted by Gasteiger charge is -2.35. The molecule has 8 heteroatoms. The van der Waals surface area contributed by atoms with Crippen molar-refractivity contribution in [1.29, 1.82) is 0 Å². The van der Waals surface area contributed by atoms with Gasteiger partial charge in [-0.25, -0.2) is 8.42 Å². The van der Waals surface area contributed by atoms with E-state index in [1.54, 1.807) is 0 Å². The predicted molar refractivity (Wildman–Crippen MR) is 108 cm³/mol. The minimum atomic E-state index is -3.36. The highest BCUT2D eigenvalue weighted by Gasteiger charge is 2.24. The van der Waals surface area contributed by atoms with Crippen molar-refractivity contribution in [3.05, 3.63) is 34.9 Å². The average Bonchev–Trinajstić information content (AvgIpc) is 2.64. The fourth-order valence-corrected chi connectivity index (χ4v) is 4.55. The molecule has 0 saturated carbocycles. The number of unbranched alkanes of at least 4 members (excludes halogenated alkanes) is 2. The van der Waals surface area contributed by atoms with Gasteiger partial charge in [0, 0.05) is 24.7 Å². The van der Waals surface area contributed by atoms with Crippen LogP contribution in [0.2, 0.25) is 5.02 Å². The van der Waals surface area contributed by atoms with Crippen molar-refractivity contribution >= 4 is 27.3 Å². The molecule has 1 heterocycles. The summed E-state index contributed by atoms with van der Waals surface area (Å²) in [5.74, 6) is -0.829. The molecule has 1 aromatic rings. The summed E-state index contributed by atoms with van der Waals surface area (Å²) in [5.41, 5.74) is 1.03. The quantitative estimate of drug-likeness (QED) is 0.593. The first kappa shape index (κ1) is 22.1. The summed E-state index contributed by atoms with van der Waals surface area (Å²) in [6, 6.07) is 7.49. The van der Waals surface area contributed by atoms with Crippen molar-refractivity contribution in [1.82, 2.24) is 10.2 Å². The normalized spacial score (nSPS) is 16.8. The second kappa shape index (κ2) is 11.0. The van der Waals surface area contributed by atoms with Gasteiger partial charge in [0.05, 0.1) is 25.0 Å². The predicted octanol–water partition coefficient (Wildman–Crippen LogP) is 2.43. The Morgan fingerprint density at radius 3 is 2.52 bits per heavy atom. The number of morpholine rings is 1. The van der Waals surface area contributed by atoms with Crippen LogP contribution in [0.5, 0.6) is 0 Å². The summed E-state index contributed by atoms with van der Waals surface area (Å²) < 4.78 is 29.5. The van der Waals surface area contributed by atoms with Crippen LogP contribution in [-0.2, 0) is 19.4 Å². The Labute approximate surface area is 167 Å². The van der Waals surface area contributed by atoms with Crippen LogP contribution < -0.4 is 5.32 Å². The van der Waals surface area contributed by atoms with Gasteiger partial charge in [-0.1, -0.05) is 43.5 Å². The number of carbonyl (C=O) groups excluding carboxylic acids is 1. The van der Waals surface area contributed by atoms with E-state index in [0.717, 1.165) is 31.5 Å². The molecule has 0 spiro atoms. The molecule has 2 rings (SSSR count). The molecule has 1 amide bonds. The SMILES string of the molecule is CCCCCS(=O)(=O)CC(=O)NCC(c1ccc(Cl)cc1)N1CCOCC1. The molecule has 0 radical (unpaired) electrons. The van der Waals surface area contributed by atoms with Gasteiger partial charge in [0.2, 0.25) is 5.91 Å². The van der Waals surface area contributed by atoms with E-state index < -0.39 is 21.5 Å². The van der Waals surface area contributed by atoms with E-state index in [0.29, 0.717) is 31.2 Å². The van der Waals surface area contributed by atoms with E-state index in [9.17, 15) is 13.2 Å². The first-order valence-electron chi connectivity index (χ1n) is 9.45. The molecule has 1 aliphatic rings. The van der Waals surface area contributed by atoms with Gasteiger partial charge >= 0.3 is 0 Å². The fourth-order valence-electron chi connectivity index (χ4n) is 3.14. The van der Waals surface area contributed by atoms with Crippen molar-refractivity contribution in [2.24, 2.45) is 0 Å². The lowest BCUT2D eigenvalue weighted by Crippen LogP contribution is -2.44. The van der Waals surface area contributed by atoms with E-state index in [1.165, 1.54) is 0 Å². The molecule has 0 aliphatic carbocycles. The third kappa shape index (κ3) is 7.78. The summed E-state index contributed by atoms with van der Waals surface area (Å²) in [4.78, 5) is 14.4. The van der Waals surface area contributed by atoms with Crippen molar-refractivity contribution in [3.63, 3.8) is 0 Å². The second-order valence-corrected chi connectivity index (χ2v) is 9.44. The van der Waals surface area contributed by atoms with Gasteiger partial charge in [0.1, 0.15) is 5.75 Å². The number of rotatable bonds is 10. The zero-order valence-corrected chi connectivity index (χ0v) is 17.4. The third-order valence-electron chi connectivity index (χ3n) is 4.64. The molecule has 1 unspecified atom stereocenters. The summed E-state index contributed by atoms with van der Waals surface area (Å²) in [6.45, 7) is 5.18. The van der Waals surface area contributed by atoms with E-state index >= 15 is 0 Å². The van der Waals surface area contributed by atoms with Gasteiger partial charge in [-0.15, -0.1) is 0 Å². The highest BCUT2D eigenvalue weighted by molar-refractivity contribution is 7.92. The molecule has 6 nitrogen and oxygen atoms in total. The summed E-state index contributed by atoms with van der Waals surface area (Å²) in [5, 5.41) is 3.46. The van der Waals surface area contributed by atoms with Crippen molar-refractivity contribution < 1.29 is 17.9 Å². The Balaban J connectivity index is 1.96. The molecule has 0 aromatic heterocycles. The highest BCUT2D eigenvalue weighted by Crippen LogP contribution is 2.23. The first-order chi connectivity index (χ1) is 12.9. The Morgan fingerprint density at radius 1 is 1.22 bits per heavy atom. The van der Waals surface area contributed by atoms with E-state index in [-0.39, 0.29) is 11.8 Å². The number of ether oxygens (including phenoxy) is 1. The van der Waals surface area contributed by atoms with E-state index in [4.69, 9.17) is 16.3 Å². The topological polar surface area (TPSA) is 75.7 Å². The first-order valence-corrected chi connectivity index (χ1v) is 11.7. The highest BCUT2D eigenvalue weighted by atomic mass is 35.5. The van der Waals surface area contributed by atoms with Gasteiger partial charge in [0.25, 0.3) is 0 Å². The zero-order valence-electron chi connectivity index (χ0n) is 15.8. The summed E-state index contributed by atoms with van der Waals surface area (Å²) >= 11 is 5.98. The fraction of sp³-hybridized carbons (Fsp3) is 0.632. The molecule has 1 N–H and O–H groups in total. The summed E-state index contributed by atoms with van der Waals surface area (Å²) in [6.07, 6.45) is 2.41. The van der Waals surface area contributed by atoms with Crippen LogP contribution in [-0.4, -0.2) is 63.6 Å². The Morgan fingerprint density at radius 2 is 1.89 bits per heavy atom. The van der Waals surface area contributed by atoms with Crippen LogP contribution in [0.1, 0.15) is 37.8 Å². The number of nitrogens with zero attached hydrogens (tertiary/aromatic N) is 1. The van der Waals surface area contributed by atoms with Gasteiger partial charge in [0.15, 0.2) is 9.84 Å². The van der Waals surface area contributed by atoms with Crippen LogP contribution in [0.4, 0.5) is 0 Å². The number of sulfone groups is 1. The maximum atomic E-state index is 12.2. The van der Waals surface area contributed by atoms with Crippen LogP contribution in [0.15, 0.2) is 24.3 Å². The number of carbonyl (C=O) groups is 1. The second-order valence-electron chi connectivity index (χ2n) is 6.82. The lowest BCUT2D eigenvalue weighted by molar-refractivity contribution is -0.119. The standard InChI is InChI=1S/C19H29ClN2O4S/c1-2-3-4-13-27(24,25)15-19(23)21-14-18(22-9-11-26-12-10-22)16-5-7-17(20)8-6-16/h5-8,18H,2-4,9-15H2,1H3,(H,21,23). The number of nitrogens with one attached hydrogen (secondary N) is 1. The number of benzene rings is 1. The molecular formula is C19H29ClN2O4S. The average molecular weight is 417 g/mol.